The molecule has 1 heterocycles. The van der Waals surface area contributed by atoms with Gasteiger partial charge in [0.25, 0.3) is 5.91 Å². The fourth-order valence-corrected chi connectivity index (χ4v) is 4.93. The second kappa shape index (κ2) is 6.74. The van der Waals surface area contributed by atoms with Gasteiger partial charge in [-0.15, -0.1) is 0 Å². The van der Waals surface area contributed by atoms with Crippen LogP contribution in [0.3, 0.4) is 0 Å². The van der Waals surface area contributed by atoms with Crippen molar-refractivity contribution in [2.24, 2.45) is 5.92 Å². The molecule has 1 amide bonds. The van der Waals surface area contributed by atoms with Gasteiger partial charge in [-0.25, -0.2) is 9.37 Å². The minimum atomic E-state index is -1.87. The molecule has 3 rings (SSSR count). The smallest absolute Gasteiger partial charge is 0.263 e. The summed E-state index contributed by atoms with van der Waals surface area (Å²) in [6.45, 7) is 0. The molecule has 1 N–H and O–H groups in total. The summed E-state index contributed by atoms with van der Waals surface area (Å²) in [5.41, 5.74) is -1.87. The summed E-state index contributed by atoms with van der Waals surface area (Å²) >= 11 is 7.57. The summed E-state index contributed by atoms with van der Waals surface area (Å²) < 4.78 is 14.4. The number of halogens is 2. The van der Waals surface area contributed by atoms with E-state index in [0.717, 1.165) is 17.7 Å². The minimum Gasteiger partial charge on any atom is -0.299 e. The molecular formula is C16H19ClFN3OS. The van der Waals surface area contributed by atoms with Gasteiger partial charge in [0, 0.05) is 11.3 Å². The number of hydrogen-bond donors (Lipinski definition) is 1. The van der Waals surface area contributed by atoms with Gasteiger partial charge in [-0.1, -0.05) is 42.2 Å². The first-order valence-electron chi connectivity index (χ1n) is 8.05. The Morgan fingerprint density at radius 1 is 1.43 bits per heavy atom. The molecule has 2 saturated carbocycles. The van der Waals surface area contributed by atoms with Gasteiger partial charge >= 0.3 is 0 Å². The van der Waals surface area contributed by atoms with E-state index in [9.17, 15) is 9.18 Å². The summed E-state index contributed by atoms with van der Waals surface area (Å²) in [6.07, 6.45) is 6.35. The van der Waals surface area contributed by atoms with E-state index in [4.69, 9.17) is 16.9 Å². The van der Waals surface area contributed by atoms with E-state index in [-0.39, 0.29) is 18.8 Å². The van der Waals surface area contributed by atoms with Crippen molar-refractivity contribution < 1.29 is 9.18 Å². The highest BCUT2D eigenvalue weighted by atomic mass is 35.5. The monoisotopic (exact) mass is 355 g/mol. The molecule has 0 saturated heterocycles. The summed E-state index contributed by atoms with van der Waals surface area (Å²) in [6, 6.07) is 2.02. The molecule has 23 heavy (non-hydrogen) atoms. The van der Waals surface area contributed by atoms with Gasteiger partial charge in [-0.2, -0.15) is 5.26 Å². The molecule has 4 nitrogen and oxygen atoms in total. The third-order valence-corrected chi connectivity index (χ3v) is 6.35. The van der Waals surface area contributed by atoms with Crippen LogP contribution in [0.15, 0.2) is 0 Å². The summed E-state index contributed by atoms with van der Waals surface area (Å²) in [7, 11) is 0. The van der Waals surface area contributed by atoms with E-state index >= 15 is 0 Å². The topological polar surface area (TPSA) is 65.8 Å². The molecular weight excluding hydrogens is 337 g/mol. The molecule has 0 aliphatic heterocycles. The zero-order valence-corrected chi connectivity index (χ0v) is 14.4. The van der Waals surface area contributed by atoms with Crippen molar-refractivity contribution in [2.45, 2.75) is 63.0 Å². The van der Waals surface area contributed by atoms with Crippen LogP contribution in [-0.4, -0.2) is 16.6 Å². The predicted molar refractivity (Wildman–Crippen MR) is 88.4 cm³/mol. The first kappa shape index (κ1) is 16.7. The summed E-state index contributed by atoms with van der Waals surface area (Å²) in [5, 5.41) is 12.0. The fraction of sp³-hybridized carbons (Fsp3) is 0.688. The number of hydrogen-bond acceptors (Lipinski definition) is 4. The number of rotatable bonds is 4. The lowest BCUT2D eigenvalue weighted by atomic mass is 9.70. The number of nitrogens with zero attached hydrogens (tertiary/aromatic N) is 2. The van der Waals surface area contributed by atoms with Crippen LogP contribution in [0.4, 0.5) is 9.52 Å². The highest BCUT2D eigenvalue weighted by Gasteiger charge is 2.51. The Morgan fingerprint density at radius 2 is 2.13 bits per heavy atom. The molecule has 2 fully saturated rings. The quantitative estimate of drug-likeness (QED) is 0.842. The first-order valence-corrected chi connectivity index (χ1v) is 9.25. The van der Waals surface area contributed by atoms with Gasteiger partial charge in [0.15, 0.2) is 10.8 Å². The number of nitriles is 1. The largest absolute Gasteiger partial charge is 0.299 e. The average molecular weight is 356 g/mol. The summed E-state index contributed by atoms with van der Waals surface area (Å²) in [5.74, 6) is -0.275. The highest BCUT2D eigenvalue weighted by molar-refractivity contribution is 7.16. The maximum absolute atomic E-state index is 14.4. The van der Waals surface area contributed by atoms with E-state index in [0.29, 0.717) is 22.6 Å². The van der Waals surface area contributed by atoms with E-state index in [1.165, 1.54) is 30.6 Å². The zero-order chi connectivity index (χ0) is 16.4. The number of nitrogens with one attached hydrogen (secondary N) is 1. The number of aromatic nitrogens is 1. The number of carbonyl (C=O) groups is 1. The van der Waals surface area contributed by atoms with Crippen molar-refractivity contribution in [3.63, 3.8) is 0 Å². The number of alkyl halides is 1. The normalized spacial score (nSPS) is 28.0. The standard InChI is InChI=1S/C16H19ClFN3OS/c17-13-12(11-4-2-1-3-5-11)23-15(20-13)21-14(22)16(18)8-10(9-16)6-7-19/h10-11H,1-6,8-9H2,(H,20,21,22). The van der Waals surface area contributed by atoms with Crippen LogP contribution in [0.5, 0.6) is 0 Å². The fourth-order valence-electron chi connectivity index (χ4n) is 3.51. The molecule has 1 aromatic heterocycles. The van der Waals surface area contributed by atoms with Crippen LogP contribution in [0, 0.1) is 17.2 Å². The minimum absolute atomic E-state index is 0.0200. The van der Waals surface area contributed by atoms with Crippen molar-refractivity contribution in [3.8, 4) is 6.07 Å². The van der Waals surface area contributed by atoms with Crippen molar-refractivity contribution >= 4 is 34.0 Å². The van der Waals surface area contributed by atoms with Gasteiger partial charge in [0.1, 0.15) is 5.15 Å². The maximum Gasteiger partial charge on any atom is 0.263 e. The van der Waals surface area contributed by atoms with Crippen molar-refractivity contribution in [1.29, 1.82) is 5.26 Å². The summed E-state index contributed by atoms with van der Waals surface area (Å²) in [4.78, 5) is 17.3. The molecule has 0 atom stereocenters. The number of amides is 1. The van der Waals surface area contributed by atoms with E-state index < -0.39 is 11.6 Å². The predicted octanol–water partition coefficient (Wildman–Crippen LogP) is 4.81. The lowest BCUT2D eigenvalue weighted by Crippen LogP contribution is -2.49. The third-order valence-electron chi connectivity index (χ3n) is 4.82. The average Bonchev–Trinajstić information content (AvgIpc) is 2.87. The van der Waals surface area contributed by atoms with Gasteiger partial charge in [0.2, 0.25) is 0 Å². The Morgan fingerprint density at radius 3 is 2.78 bits per heavy atom. The van der Waals surface area contributed by atoms with Gasteiger partial charge < -0.3 is 0 Å². The van der Waals surface area contributed by atoms with Gasteiger partial charge in [0.05, 0.1) is 6.07 Å². The highest BCUT2D eigenvalue weighted by Crippen LogP contribution is 2.45. The first-order chi connectivity index (χ1) is 11.0. The van der Waals surface area contributed by atoms with Crippen LogP contribution in [-0.2, 0) is 4.79 Å². The molecule has 0 spiro atoms. The lowest BCUT2D eigenvalue weighted by Gasteiger charge is -2.38. The van der Waals surface area contributed by atoms with Gasteiger partial charge in [-0.3, -0.25) is 10.1 Å². The molecule has 2 aliphatic carbocycles. The molecule has 0 bridgehead atoms. The molecule has 2 aliphatic rings. The Bertz CT molecular complexity index is 630. The Kier molecular flexibility index (Phi) is 4.88. The Labute approximate surface area is 144 Å². The Hall–Kier alpha value is -1.19. The van der Waals surface area contributed by atoms with Crippen molar-refractivity contribution in [3.05, 3.63) is 10.0 Å². The maximum atomic E-state index is 14.4. The van der Waals surface area contributed by atoms with E-state index in [1.807, 2.05) is 6.07 Å². The number of thiazole rings is 1. The van der Waals surface area contributed by atoms with E-state index in [1.54, 1.807) is 0 Å². The van der Waals surface area contributed by atoms with Crippen molar-refractivity contribution in [2.75, 3.05) is 5.32 Å². The molecule has 0 unspecified atom stereocenters. The number of carbonyl (C=O) groups excluding carboxylic acids is 1. The number of anilines is 1. The molecule has 124 valence electrons. The van der Waals surface area contributed by atoms with Crippen LogP contribution in [0.1, 0.15) is 62.2 Å². The third kappa shape index (κ3) is 3.51. The molecule has 0 aromatic carbocycles. The van der Waals surface area contributed by atoms with Crippen LogP contribution in [0.2, 0.25) is 5.15 Å². The van der Waals surface area contributed by atoms with Crippen LogP contribution < -0.4 is 5.32 Å². The zero-order valence-electron chi connectivity index (χ0n) is 12.8. The van der Waals surface area contributed by atoms with Gasteiger partial charge in [-0.05, 0) is 37.5 Å². The SMILES string of the molecule is N#CCC1CC(F)(C(=O)Nc2nc(Cl)c(C3CCCCC3)s2)C1. The molecule has 7 heteroatoms. The van der Waals surface area contributed by atoms with E-state index in [2.05, 4.69) is 10.3 Å². The second-order valence-electron chi connectivity index (χ2n) is 6.56. The second-order valence-corrected chi connectivity index (χ2v) is 7.95. The Balaban J connectivity index is 1.62. The molecule has 0 radical (unpaired) electrons. The lowest BCUT2D eigenvalue weighted by molar-refractivity contribution is -0.136. The van der Waals surface area contributed by atoms with Crippen LogP contribution >= 0.6 is 22.9 Å². The molecule has 1 aromatic rings. The van der Waals surface area contributed by atoms with Crippen molar-refractivity contribution in [1.82, 2.24) is 4.98 Å². The van der Waals surface area contributed by atoms with Crippen LogP contribution in [0.25, 0.3) is 0 Å².